The second-order valence-electron chi connectivity index (χ2n) is 6.40. The highest BCUT2D eigenvalue weighted by atomic mass is 32.2. The van der Waals surface area contributed by atoms with Crippen LogP contribution in [0.15, 0.2) is 59.5 Å². The van der Waals surface area contributed by atoms with Crippen molar-refractivity contribution in [1.29, 1.82) is 0 Å². The molecule has 1 atom stereocenters. The standard InChI is InChI=1S/C21H23NO6S/c1-3-29(26,27)19-12-8-7-11-17(19)21(25)28-14-20(24)22-18(15(2)23)13-16-9-5-4-6-10-16/h4-12,18H,3,13-14H2,1-2H3,(H,22,24)/t18-/m0/s1. The van der Waals surface area contributed by atoms with Crippen LogP contribution in [0.2, 0.25) is 0 Å². The number of Topliss-reactive ketones (excluding diaryl/α,β-unsaturated/α-hetero) is 1. The fraction of sp³-hybridized carbons (Fsp3) is 0.286. The Morgan fingerprint density at radius 1 is 1.00 bits per heavy atom. The molecule has 0 unspecified atom stereocenters. The number of amides is 1. The highest BCUT2D eigenvalue weighted by Gasteiger charge is 2.23. The molecular formula is C21H23NO6S. The van der Waals surface area contributed by atoms with Crippen LogP contribution in [0.3, 0.4) is 0 Å². The maximum absolute atomic E-state index is 12.3. The van der Waals surface area contributed by atoms with E-state index in [1.54, 1.807) is 0 Å². The maximum Gasteiger partial charge on any atom is 0.339 e. The molecule has 2 aromatic carbocycles. The summed E-state index contributed by atoms with van der Waals surface area (Å²) < 4.78 is 29.2. The summed E-state index contributed by atoms with van der Waals surface area (Å²) in [5, 5.41) is 2.54. The highest BCUT2D eigenvalue weighted by Crippen LogP contribution is 2.18. The summed E-state index contributed by atoms with van der Waals surface area (Å²) in [6, 6.07) is 14.1. The summed E-state index contributed by atoms with van der Waals surface area (Å²) in [6.07, 6.45) is 0.313. The maximum atomic E-state index is 12.3. The van der Waals surface area contributed by atoms with Gasteiger partial charge in [-0.05, 0) is 31.0 Å². The first-order valence-corrected chi connectivity index (χ1v) is 10.7. The van der Waals surface area contributed by atoms with Gasteiger partial charge in [0.2, 0.25) is 0 Å². The molecule has 0 fully saturated rings. The normalized spacial score (nSPS) is 12.1. The lowest BCUT2D eigenvalue weighted by Crippen LogP contribution is -2.43. The fourth-order valence-corrected chi connectivity index (χ4v) is 3.74. The number of ether oxygens (including phenoxy) is 1. The second-order valence-corrected chi connectivity index (χ2v) is 8.64. The van der Waals surface area contributed by atoms with Crippen LogP contribution in [-0.4, -0.2) is 44.5 Å². The van der Waals surface area contributed by atoms with Gasteiger partial charge in [-0.3, -0.25) is 9.59 Å². The molecule has 0 bridgehead atoms. The average Bonchev–Trinajstić information content (AvgIpc) is 2.72. The summed E-state index contributed by atoms with van der Waals surface area (Å²) in [6.45, 7) is 2.21. The van der Waals surface area contributed by atoms with E-state index in [1.165, 1.54) is 38.1 Å². The summed E-state index contributed by atoms with van der Waals surface area (Å²) in [5.41, 5.74) is 0.748. The van der Waals surface area contributed by atoms with Crippen molar-refractivity contribution in [3.63, 3.8) is 0 Å². The molecule has 29 heavy (non-hydrogen) atoms. The van der Waals surface area contributed by atoms with E-state index in [0.29, 0.717) is 6.42 Å². The first-order chi connectivity index (χ1) is 13.7. The lowest BCUT2D eigenvalue weighted by Gasteiger charge is -2.16. The second kappa shape index (κ2) is 9.97. The van der Waals surface area contributed by atoms with Crippen LogP contribution in [0.4, 0.5) is 0 Å². The van der Waals surface area contributed by atoms with E-state index in [4.69, 9.17) is 4.74 Å². The number of rotatable bonds is 9. The van der Waals surface area contributed by atoms with E-state index in [0.717, 1.165) is 5.56 Å². The van der Waals surface area contributed by atoms with Gasteiger partial charge in [0, 0.05) is 0 Å². The van der Waals surface area contributed by atoms with Crippen molar-refractivity contribution in [1.82, 2.24) is 5.32 Å². The zero-order valence-corrected chi connectivity index (χ0v) is 17.1. The zero-order valence-electron chi connectivity index (χ0n) is 16.3. The lowest BCUT2D eigenvalue weighted by molar-refractivity contribution is -0.128. The van der Waals surface area contributed by atoms with Gasteiger partial charge in [0.05, 0.1) is 22.3 Å². The van der Waals surface area contributed by atoms with Gasteiger partial charge in [0.25, 0.3) is 5.91 Å². The van der Waals surface area contributed by atoms with Crippen LogP contribution in [-0.2, 0) is 30.6 Å². The van der Waals surface area contributed by atoms with E-state index in [2.05, 4.69) is 5.32 Å². The molecule has 8 heteroatoms. The molecule has 0 aliphatic carbocycles. The largest absolute Gasteiger partial charge is 0.452 e. The third-order valence-electron chi connectivity index (χ3n) is 4.27. The van der Waals surface area contributed by atoms with Gasteiger partial charge in [-0.1, -0.05) is 49.4 Å². The lowest BCUT2D eigenvalue weighted by atomic mass is 10.0. The van der Waals surface area contributed by atoms with Gasteiger partial charge in [0.15, 0.2) is 22.2 Å². The number of hydrogen-bond donors (Lipinski definition) is 1. The van der Waals surface area contributed by atoms with Crippen molar-refractivity contribution in [2.45, 2.75) is 31.2 Å². The number of ketones is 1. The Morgan fingerprint density at radius 2 is 1.62 bits per heavy atom. The molecule has 0 saturated heterocycles. The smallest absolute Gasteiger partial charge is 0.339 e. The Hall–Kier alpha value is -3.00. The molecule has 7 nitrogen and oxygen atoms in total. The molecule has 1 amide bonds. The fourth-order valence-electron chi connectivity index (χ4n) is 2.65. The summed E-state index contributed by atoms with van der Waals surface area (Å²) in [4.78, 5) is 36.2. The third kappa shape index (κ3) is 6.25. The first kappa shape index (κ1) is 22.3. The minimum atomic E-state index is -3.62. The van der Waals surface area contributed by atoms with Gasteiger partial charge in [-0.15, -0.1) is 0 Å². The Bertz CT molecular complexity index is 985. The molecule has 1 N–H and O–H groups in total. The van der Waals surface area contributed by atoms with E-state index in [-0.39, 0.29) is 22.0 Å². The van der Waals surface area contributed by atoms with Crippen LogP contribution in [0.1, 0.15) is 29.8 Å². The molecule has 0 spiro atoms. The van der Waals surface area contributed by atoms with Crippen LogP contribution in [0, 0.1) is 0 Å². The quantitative estimate of drug-likeness (QED) is 0.625. The third-order valence-corrected chi connectivity index (χ3v) is 6.05. The van der Waals surface area contributed by atoms with Crippen molar-refractivity contribution in [2.24, 2.45) is 0 Å². The van der Waals surface area contributed by atoms with Crippen molar-refractivity contribution in [3.8, 4) is 0 Å². The van der Waals surface area contributed by atoms with Gasteiger partial charge in [0.1, 0.15) is 0 Å². The Morgan fingerprint density at radius 3 is 2.24 bits per heavy atom. The summed E-state index contributed by atoms with van der Waals surface area (Å²) >= 11 is 0. The van der Waals surface area contributed by atoms with E-state index >= 15 is 0 Å². The average molecular weight is 417 g/mol. The van der Waals surface area contributed by atoms with Crippen molar-refractivity contribution < 1.29 is 27.5 Å². The minimum Gasteiger partial charge on any atom is -0.452 e. The predicted octanol–water partition coefficient (Wildman–Crippen LogP) is 1.95. The van der Waals surface area contributed by atoms with E-state index in [1.807, 2.05) is 30.3 Å². The summed E-state index contributed by atoms with van der Waals surface area (Å²) in [5.74, 6) is -1.97. The van der Waals surface area contributed by atoms with Crippen LogP contribution < -0.4 is 5.32 Å². The SMILES string of the molecule is CCS(=O)(=O)c1ccccc1C(=O)OCC(=O)N[C@@H](Cc1ccccc1)C(C)=O. The van der Waals surface area contributed by atoms with Gasteiger partial charge >= 0.3 is 5.97 Å². The number of benzene rings is 2. The molecule has 2 aromatic rings. The molecule has 2 rings (SSSR count). The topological polar surface area (TPSA) is 107 Å². The van der Waals surface area contributed by atoms with Crippen molar-refractivity contribution in [3.05, 3.63) is 65.7 Å². The monoisotopic (exact) mass is 417 g/mol. The first-order valence-electron chi connectivity index (χ1n) is 9.07. The molecule has 0 radical (unpaired) electrons. The van der Waals surface area contributed by atoms with Crippen LogP contribution >= 0.6 is 0 Å². The van der Waals surface area contributed by atoms with E-state index < -0.39 is 34.4 Å². The number of sulfone groups is 1. The Balaban J connectivity index is 2.01. The Kier molecular flexibility index (Phi) is 7.67. The summed E-state index contributed by atoms with van der Waals surface area (Å²) in [7, 11) is -3.62. The number of hydrogen-bond acceptors (Lipinski definition) is 6. The van der Waals surface area contributed by atoms with Crippen LogP contribution in [0.25, 0.3) is 0 Å². The van der Waals surface area contributed by atoms with Crippen LogP contribution in [0.5, 0.6) is 0 Å². The van der Waals surface area contributed by atoms with Gasteiger partial charge in [-0.25, -0.2) is 13.2 Å². The number of nitrogens with one attached hydrogen (secondary N) is 1. The van der Waals surface area contributed by atoms with Gasteiger partial charge < -0.3 is 10.1 Å². The van der Waals surface area contributed by atoms with E-state index in [9.17, 15) is 22.8 Å². The molecule has 0 aliphatic rings. The zero-order chi connectivity index (χ0) is 21.4. The Labute approximate surface area is 170 Å². The number of esters is 1. The van der Waals surface area contributed by atoms with Crippen molar-refractivity contribution >= 4 is 27.5 Å². The molecule has 0 saturated carbocycles. The molecule has 0 heterocycles. The predicted molar refractivity (Wildman–Crippen MR) is 107 cm³/mol. The minimum absolute atomic E-state index is 0.130. The van der Waals surface area contributed by atoms with Gasteiger partial charge in [-0.2, -0.15) is 0 Å². The molecular weight excluding hydrogens is 394 g/mol. The highest BCUT2D eigenvalue weighted by molar-refractivity contribution is 7.91. The number of carbonyl (C=O) groups excluding carboxylic acids is 3. The molecule has 154 valence electrons. The molecule has 0 aliphatic heterocycles. The number of carbonyl (C=O) groups is 3. The van der Waals surface area contributed by atoms with Crippen molar-refractivity contribution in [2.75, 3.05) is 12.4 Å². The molecule has 0 aromatic heterocycles.